The van der Waals surface area contributed by atoms with Crippen LogP contribution in [0.1, 0.15) is 11.3 Å². The number of fused-ring (bicyclic) bond motifs is 3. The van der Waals surface area contributed by atoms with Gasteiger partial charge >= 0.3 is 0 Å². The van der Waals surface area contributed by atoms with Crippen molar-refractivity contribution in [3.63, 3.8) is 0 Å². The zero-order valence-corrected chi connectivity index (χ0v) is 9.61. The largest absolute Gasteiger partial charge is 0.455 e. The lowest BCUT2D eigenvalue weighted by Crippen LogP contribution is -1.99. The van der Waals surface area contributed by atoms with Crippen LogP contribution < -0.4 is 0 Å². The monoisotopic (exact) mass is 297 g/mol. The molecule has 0 saturated carbocycles. The van der Waals surface area contributed by atoms with Crippen molar-refractivity contribution in [2.45, 2.75) is 6.42 Å². The van der Waals surface area contributed by atoms with Crippen molar-refractivity contribution >= 4 is 39.8 Å². The van der Waals surface area contributed by atoms with Gasteiger partial charge in [0.25, 0.3) is 0 Å². The molecule has 3 heteroatoms. The highest BCUT2D eigenvalue weighted by atomic mass is 127. The molecule has 0 amide bonds. The number of aliphatic imine (C=N–C) groups is 1. The zero-order chi connectivity index (χ0) is 9.54. The lowest BCUT2D eigenvalue weighted by atomic mass is 10.1. The molecule has 0 radical (unpaired) electrons. The minimum atomic E-state index is 0.883. The summed E-state index contributed by atoms with van der Waals surface area (Å²) in [5.41, 5.74) is 2.29. The van der Waals surface area contributed by atoms with Crippen molar-refractivity contribution in [2.75, 3.05) is 6.54 Å². The highest BCUT2D eigenvalue weighted by Crippen LogP contribution is 2.28. The van der Waals surface area contributed by atoms with Gasteiger partial charge in [-0.3, -0.25) is 4.99 Å². The van der Waals surface area contributed by atoms with Crippen LogP contribution in [0, 0.1) is 3.57 Å². The fourth-order valence-corrected chi connectivity index (χ4v) is 2.29. The van der Waals surface area contributed by atoms with E-state index in [4.69, 9.17) is 4.42 Å². The molecule has 2 nitrogen and oxygen atoms in total. The second-order valence-electron chi connectivity index (χ2n) is 3.37. The Morgan fingerprint density at radius 1 is 1.36 bits per heavy atom. The van der Waals surface area contributed by atoms with E-state index < -0.39 is 0 Å². The van der Waals surface area contributed by atoms with Gasteiger partial charge in [0.05, 0.1) is 6.21 Å². The van der Waals surface area contributed by atoms with Crippen LogP contribution in [0.15, 0.2) is 27.6 Å². The molecule has 2 heterocycles. The molecule has 0 N–H and O–H groups in total. The molecular weight excluding hydrogens is 289 g/mol. The summed E-state index contributed by atoms with van der Waals surface area (Å²) in [6, 6.07) is 6.32. The molecule has 0 bridgehead atoms. The predicted molar refractivity (Wildman–Crippen MR) is 65.1 cm³/mol. The predicted octanol–water partition coefficient (Wildman–Crippen LogP) is 3.01. The Balaban J connectivity index is 2.37. The summed E-state index contributed by atoms with van der Waals surface area (Å²) in [5.74, 6) is 0.938. The molecule has 0 aliphatic carbocycles. The SMILES string of the molecule is Ic1ccc2c3c(oc2c1)C=NCC3. The van der Waals surface area contributed by atoms with Gasteiger partial charge in [0.1, 0.15) is 11.3 Å². The summed E-state index contributed by atoms with van der Waals surface area (Å²) < 4.78 is 6.92. The molecule has 70 valence electrons. The molecule has 1 aromatic heterocycles. The van der Waals surface area contributed by atoms with E-state index in [1.165, 1.54) is 14.5 Å². The van der Waals surface area contributed by atoms with Crippen molar-refractivity contribution in [3.05, 3.63) is 33.1 Å². The fourth-order valence-electron chi connectivity index (χ4n) is 1.83. The minimum absolute atomic E-state index is 0.883. The molecule has 0 unspecified atom stereocenters. The van der Waals surface area contributed by atoms with Gasteiger partial charge in [0, 0.05) is 21.1 Å². The van der Waals surface area contributed by atoms with Crippen LogP contribution in [0.25, 0.3) is 11.0 Å². The summed E-state index contributed by atoms with van der Waals surface area (Å²) in [7, 11) is 0. The summed E-state index contributed by atoms with van der Waals surface area (Å²) >= 11 is 2.29. The first-order valence-electron chi connectivity index (χ1n) is 4.55. The van der Waals surface area contributed by atoms with Crippen LogP contribution >= 0.6 is 22.6 Å². The molecule has 1 aliphatic heterocycles. The van der Waals surface area contributed by atoms with Crippen LogP contribution in [0.4, 0.5) is 0 Å². The van der Waals surface area contributed by atoms with Crippen molar-refractivity contribution in [1.29, 1.82) is 0 Å². The van der Waals surface area contributed by atoms with Crippen LogP contribution in [0.2, 0.25) is 0 Å². The zero-order valence-electron chi connectivity index (χ0n) is 7.46. The van der Waals surface area contributed by atoms with Gasteiger partial charge in [-0.15, -0.1) is 0 Å². The molecule has 14 heavy (non-hydrogen) atoms. The quantitative estimate of drug-likeness (QED) is 0.686. The fraction of sp³-hybridized carbons (Fsp3) is 0.182. The molecule has 1 aliphatic rings. The van der Waals surface area contributed by atoms with Gasteiger partial charge < -0.3 is 4.42 Å². The van der Waals surface area contributed by atoms with Gasteiger partial charge in [0.15, 0.2) is 0 Å². The number of furan rings is 1. The Morgan fingerprint density at radius 3 is 3.21 bits per heavy atom. The Hall–Kier alpha value is -0.840. The van der Waals surface area contributed by atoms with Crippen molar-refractivity contribution in [1.82, 2.24) is 0 Å². The Bertz CT molecular complexity index is 527. The van der Waals surface area contributed by atoms with E-state index in [0.717, 1.165) is 24.3 Å². The van der Waals surface area contributed by atoms with Gasteiger partial charge in [-0.25, -0.2) is 0 Å². The van der Waals surface area contributed by atoms with E-state index >= 15 is 0 Å². The molecular formula is C11H8INO. The third-order valence-electron chi connectivity index (χ3n) is 2.49. The first-order chi connectivity index (χ1) is 6.84. The number of benzene rings is 1. The highest BCUT2D eigenvalue weighted by molar-refractivity contribution is 14.1. The number of rotatable bonds is 0. The number of hydrogen-bond acceptors (Lipinski definition) is 2. The van der Waals surface area contributed by atoms with Crippen molar-refractivity contribution in [2.24, 2.45) is 4.99 Å². The van der Waals surface area contributed by atoms with Crippen molar-refractivity contribution < 1.29 is 4.42 Å². The lowest BCUT2D eigenvalue weighted by Gasteiger charge is -2.01. The average Bonchev–Trinajstić information content (AvgIpc) is 2.54. The summed E-state index contributed by atoms with van der Waals surface area (Å²) in [6.07, 6.45) is 2.84. The van der Waals surface area contributed by atoms with Crippen LogP contribution in [0.3, 0.4) is 0 Å². The highest BCUT2D eigenvalue weighted by Gasteiger charge is 2.14. The van der Waals surface area contributed by atoms with Gasteiger partial charge in [-0.1, -0.05) is 0 Å². The van der Waals surface area contributed by atoms with Gasteiger partial charge in [0.2, 0.25) is 0 Å². The second-order valence-corrected chi connectivity index (χ2v) is 4.62. The van der Waals surface area contributed by atoms with Crippen LogP contribution in [-0.4, -0.2) is 12.8 Å². The van der Waals surface area contributed by atoms with E-state index in [1.54, 1.807) is 0 Å². The molecule has 0 fully saturated rings. The molecule has 1 aromatic carbocycles. The van der Waals surface area contributed by atoms with Gasteiger partial charge in [-0.2, -0.15) is 0 Å². The number of halogens is 1. The maximum Gasteiger partial charge on any atom is 0.149 e. The lowest BCUT2D eigenvalue weighted by molar-refractivity contribution is 0.598. The Labute approximate surface area is 95.2 Å². The topological polar surface area (TPSA) is 25.5 Å². The number of hydrogen-bond donors (Lipinski definition) is 0. The number of nitrogens with zero attached hydrogens (tertiary/aromatic N) is 1. The standard InChI is InChI=1S/C11H8INO/c12-7-1-2-8-9-3-4-13-6-11(9)14-10(8)5-7/h1-2,5-6H,3-4H2. The Morgan fingerprint density at radius 2 is 2.29 bits per heavy atom. The molecule has 0 saturated heterocycles. The van der Waals surface area contributed by atoms with E-state index in [2.05, 4.69) is 45.8 Å². The van der Waals surface area contributed by atoms with Gasteiger partial charge in [-0.05, 0) is 47.2 Å². The first kappa shape index (κ1) is 8.47. The normalized spacial score (nSPS) is 14.6. The van der Waals surface area contributed by atoms with E-state index in [1.807, 2.05) is 6.21 Å². The third kappa shape index (κ3) is 1.19. The first-order valence-corrected chi connectivity index (χ1v) is 5.63. The summed E-state index contributed by atoms with van der Waals surface area (Å²) in [5, 5.41) is 1.24. The summed E-state index contributed by atoms with van der Waals surface area (Å²) in [4.78, 5) is 4.22. The summed E-state index contributed by atoms with van der Waals surface area (Å²) in [6.45, 7) is 0.883. The average molecular weight is 297 g/mol. The van der Waals surface area contributed by atoms with Crippen molar-refractivity contribution in [3.8, 4) is 0 Å². The van der Waals surface area contributed by atoms with E-state index in [0.29, 0.717) is 0 Å². The molecule has 0 atom stereocenters. The smallest absolute Gasteiger partial charge is 0.149 e. The molecule has 2 aromatic rings. The molecule has 3 rings (SSSR count). The third-order valence-corrected chi connectivity index (χ3v) is 3.16. The second kappa shape index (κ2) is 3.08. The maximum absolute atomic E-state index is 5.72. The van der Waals surface area contributed by atoms with Crippen LogP contribution in [0.5, 0.6) is 0 Å². The van der Waals surface area contributed by atoms with E-state index in [9.17, 15) is 0 Å². The maximum atomic E-state index is 5.72. The van der Waals surface area contributed by atoms with E-state index in [-0.39, 0.29) is 0 Å². The Kier molecular flexibility index (Phi) is 1.87. The minimum Gasteiger partial charge on any atom is -0.455 e. The molecule has 0 spiro atoms. The van der Waals surface area contributed by atoms with Crippen LogP contribution in [-0.2, 0) is 6.42 Å².